The molecule has 0 aliphatic carbocycles. The van der Waals surface area contributed by atoms with Crippen molar-refractivity contribution in [3.05, 3.63) is 0 Å². The normalized spacial score (nSPS) is 29.2. The molecule has 2 aliphatic heterocycles. The molecule has 4 heteroatoms. The summed E-state index contributed by atoms with van der Waals surface area (Å²) in [6.07, 6.45) is 3.90. The highest BCUT2D eigenvalue weighted by atomic mass is 32.2. The standard InChI is InChI=1S/C13H23NO2S/c1-12(2,14)11(15)10-3-6-16-13(9-10)4-7-17-8-5-13/h10H,3-9,14H2,1-2H3. The van der Waals surface area contributed by atoms with E-state index in [9.17, 15) is 4.79 Å². The largest absolute Gasteiger partial charge is 0.375 e. The van der Waals surface area contributed by atoms with Crippen molar-refractivity contribution in [3.63, 3.8) is 0 Å². The topological polar surface area (TPSA) is 52.3 Å². The van der Waals surface area contributed by atoms with Gasteiger partial charge in [0.05, 0.1) is 11.1 Å². The van der Waals surface area contributed by atoms with E-state index in [4.69, 9.17) is 10.5 Å². The van der Waals surface area contributed by atoms with E-state index in [0.717, 1.165) is 43.8 Å². The number of Topliss-reactive ketones (excluding diaryl/α,β-unsaturated/α-hetero) is 1. The summed E-state index contributed by atoms with van der Waals surface area (Å²) in [7, 11) is 0. The molecule has 2 fully saturated rings. The van der Waals surface area contributed by atoms with E-state index in [2.05, 4.69) is 0 Å². The molecule has 0 bridgehead atoms. The van der Waals surface area contributed by atoms with E-state index in [1.165, 1.54) is 0 Å². The minimum Gasteiger partial charge on any atom is -0.375 e. The molecule has 3 nitrogen and oxygen atoms in total. The number of carbonyl (C=O) groups is 1. The molecule has 2 rings (SSSR count). The fourth-order valence-electron chi connectivity index (χ4n) is 2.87. The van der Waals surface area contributed by atoms with Gasteiger partial charge in [0.1, 0.15) is 0 Å². The second-order valence-electron chi connectivity index (χ2n) is 5.92. The summed E-state index contributed by atoms with van der Waals surface area (Å²) in [5.74, 6) is 2.63. The van der Waals surface area contributed by atoms with Crippen LogP contribution in [0.2, 0.25) is 0 Å². The first-order valence-electron chi connectivity index (χ1n) is 6.48. The number of ether oxygens (including phenoxy) is 1. The van der Waals surface area contributed by atoms with Crippen molar-refractivity contribution in [3.8, 4) is 0 Å². The van der Waals surface area contributed by atoms with Gasteiger partial charge in [-0.1, -0.05) is 0 Å². The second kappa shape index (κ2) is 4.90. The second-order valence-corrected chi connectivity index (χ2v) is 7.14. The Balaban J connectivity index is 2.04. The highest BCUT2D eigenvalue weighted by Crippen LogP contribution is 2.40. The lowest BCUT2D eigenvalue weighted by atomic mass is 9.76. The van der Waals surface area contributed by atoms with Crippen LogP contribution in [0, 0.1) is 5.92 Å². The van der Waals surface area contributed by atoms with Crippen LogP contribution in [0.5, 0.6) is 0 Å². The number of nitrogens with two attached hydrogens (primary N) is 1. The highest BCUT2D eigenvalue weighted by molar-refractivity contribution is 7.99. The Morgan fingerprint density at radius 1 is 1.41 bits per heavy atom. The minimum absolute atomic E-state index is 0.0188. The van der Waals surface area contributed by atoms with E-state index in [1.807, 2.05) is 25.6 Å². The number of ketones is 1. The first-order chi connectivity index (χ1) is 7.93. The van der Waals surface area contributed by atoms with Crippen LogP contribution >= 0.6 is 11.8 Å². The number of hydrogen-bond acceptors (Lipinski definition) is 4. The van der Waals surface area contributed by atoms with Crippen molar-refractivity contribution >= 4 is 17.5 Å². The quantitative estimate of drug-likeness (QED) is 0.822. The molecule has 0 amide bonds. The maximum absolute atomic E-state index is 12.3. The average molecular weight is 257 g/mol. The lowest BCUT2D eigenvalue weighted by Crippen LogP contribution is -2.51. The molecule has 98 valence electrons. The Hall–Kier alpha value is -0.0600. The molecule has 2 N–H and O–H groups in total. The fraction of sp³-hybridized carbons (Fsp3) is 0.923. The molecule has 2 saturated heterocycles. The van der Waals surface area contributed by atoms with Gasteiger partial charge in [-0.25, -0.2) is 0 Å². The molecular formula is C13H23NO2S. The van der Waals surface area contributed by atoms with Crippen molar-refractivity contribution in [2.75, 3.05) is 18.1 Å². The van der Waals surface area contributed by atoms with Crippen LogP contribution in [0.1, 0.15) is 39.5 Å². The van der Waals surface area contributed by atoms with Gasteiger partial charge in [0, 0.05) is 12.5 Å². The summed E-state index contributed by atoms with van der Waals surface area (Å²) in [5.41, 5.74) is 5.21. The summed E-state index contributed by atoms with van der Waals surface area (Å²) in [6, 6.07) is 0. The lowest BCUT2D eigenvalue weighted by Gasteiger charge is -2.43. The van der Waals surface area contributed by atoms with Crippen molar-refractivity contribution < 1.29 is 9.53 Å². The molecule has 0 aromatic rings. The van der Waals surface area contributed by atoms with Gasteiger partial charge in [-0.3, -0.25) is 4.79 Å². The molecule has 1 spiro atoms. The molecule has 17 heavy (non-hydrogen) atoms. The van der Waals surface area contributed by atoms with E-state index in [-0.39, 0.29) is 17.3 Å². The zero-order valence-electron chi connectivity index (χ0n) is 10.8. The van der Waals surface area contributed by atoms with Gasteiger partial charge in [0.2, 0.25) is 0 Å². The third kappa shape index (κ3) is 3.04. The van der Waals surface area contributed by atoms with Crippen LogP contribution in [-0.2, 0) is 9.53 Å². The van der Waals surface area contributed by atoms with E-state index < -0.39 is 5.54 Å². The number of hydrogen-bond donors (Lipinski definition) is 1. The third-order valence-corrected chi connectivity index (χ3v) is 4.89. The van der Waals surface area contributed by atoms with Gasteiger partial charge in [0.25, 0.3) is 0 Å². The van der Waals surface area contributed by atoms with Crippen molar-refractivity contribution in [1.29, 1.82) is 0 Å². The number of rotatable bonds is 2. The van der Waals surface area contributed by atoms with Gasteiger partial charge < -0.3 is 10.5 Å². The minimum atomic E-state index is -0.702. The van der Waals surface area contributed by atoms with Crippen LogP contribution in [0.15, 0.2) is 0 Å². The van der Waals surface area contributed by atoms with Gasteiger partial charge in [-0.15, -0.1) is 0 Å². The van der Waals surface area contributed by atoms with E-state index in [0.29, 0.717) is 0 Å². The first-order valence-corrected chi connectivity index (χ1v) is 7.63. The molecule has 0 saturated carbocycles. The summed E-state index contributed by atoms with van der Waals surface area (Å²) in [4.78, 5) is 12.3. The van der Waals surface area contributed by atoms with Gasteiger partial charge in [0.15, 0.2) is 5.78 Å². The van der Waals surface area contributed by atoms with Crippen LogP contribution in [0.4, 0.5) is 0 Å². The molecule has 0 radical (unpaired) electrons. The van der Waals surface area contributed by atoms with Crippen molar-refractivity contribution in [2.24, 2.45) is 11.7 Å². The Labute approximate surface area is 108 Å². The predicted molar refractivity (Wildman–Crippen MR) is 71.2 cm³/mol. The molecule has 0 aromatic heterocycles. The van der Waals surface area contributed by atoms with Crippen LogP contribution in [-0.4, -0.2) is 35.0 Å². The zero-order valence-corrected chi connectivity index (χ0v) is 11.6. The lowest BCUT2D eigenvalue weighted by molar-refractivity contribution is -0.142. The smallest absolute Gasteiger partial charge is 0.155 e. The molecule has 0 aromatic carbocycles. The van der Waals surface area contributed by atoms with E-state index in [1.54, 1.807) is 0 Å². The Bertz CT molecular complexity index is 287. The SMILES string of the molecule is CC(C)(N)C(=O)C1CCOC2(CCSCC2)C1. The fourth-order valence-corrected chi connectivity index (χ4v) is 4.11. The van der Waals surface area contributed by atoms with Gasteiger partial charge in [-0.05, 0) is 51.0 Å². The Kier molecular flexibility index (Phi) is 3.86. The molecule has 2 aliphatic rings. The maximum atomic E-state index is 12.3. The predicted octanol–water partition coefficient (Wildman–Crippen LogP) is 1.99. The monoisotopic (exact) mass is 257 g/mol. The third-order valence-electron chi connectivity index (χ3n) is 3.90. The number of thioether (sulfide) groups is 1. The summed E-state index contributed by atoms with van der Waals surface area (Å²) < 4.78 is 5.99. The first kappa shape index (κ1) is 13.4. The maximum Gasteiger partial charge on any atom is 0.155 e. The molecular weight excluding hydrogens is 234 g/mol. The van der Waals surface area contributed by atoms with E-state index >= 15 is 0 Å². The zero-order chi connectivity index (χ0) is 12.5. The summed E-state index contributed by atoms with van der Waals surface area (Å²) in [5, 5.41) is 0. The van der Waals surface area contributed by atoms with Crippen LogP contribution < -0.4 is 5.73 Å². The summed E-state index contributed by atoms with van der Waals surface area (Å²) >= 11 is 1.99. The van der Waals surface area contributed by atoms with Crippen molar-refractivity contribution in [1.82, 2.24) is 0 Å². The molecule has 1 unspecified atom stereocenters. The summed E-state index contributed by atoms with van der Waals surface area (Å²) in [6.45, 7) is 4.35. The van der Waals surface area contributed by atoms with Gasteiger partial charge >= 0.3 is 0 Å². The van der Waals surface area contributed by atoms with Gasteiger partial charge in [-0.2, -0.15) is 11.8 Å². The highest BCUT2D eigenvalue weighted by Gasteiger charge is 2.43. The van der Waals surface area contributed by atoms with Crippen molar-refractivity contribution in [2.45, 2.75) is 50.7 Å². The molecule has 1 atom stereocenters. The molecule has 2 heterocycles. The van der Waals surface area contributed by atoms with Crippen LogP contribution in [0.3, 0.4) is 0 Å². The Morgan fingerprint density at radius 3 is 2.65 bits per heavy atom. The average Bonchev–Trinajstić information content (AvgIpc) is 2.28. The Morgan fingerprint density at radius 2 is 2.06 bits per heavy atom. The van der Waals surface area contributed by atoms with Crippen LogP contribution in [0.25, 0.3) is 0 Å². The number of carbonyl (C=O) groups excluding carboxylic acids is 1.